The number of aldehydes is 1. The molecule has 2 fully saturated rings. The molecule has 4 atom stereocenters. The maximum Gasteiger partial charge on any atom is 0.309 e. The summed E-state index contributed by atoms with van der Waals surface area (Å²) in [6.07, 6.45) is 8.05. The van der Waals surface area contributed by atoms with E-state index >= 15 is 0 Å². The van der Waals surface area contributed by atoms with E-state index in [1.807, 2.05) is 19.9 Å². The topological polar surface area (TPSA) is 74.6 Å². The van der Waals surface area contributed by atoms with Crippen LogP contribution < -0.4 is 0 Å². The molecule has 2 N–H and O–H groups in total. The molecule has 0 heterocycles. The molecule has 0 aromatic heterocycles. The van der Waals surface area contributed by atoms with E-state index in [0.717, 1.165) is 48.7 Å². The zero-order chi connectivity index (χ0) is 17.8. The number of carboxylic acids is 1. The van der Waals surface area contributed by atoms with E-state index in [0.29, 0.717) is 19.3 Å². The minimum absolute atomic E-state index is 0.0175. The first-order chi connectivity index (χ1) is 11.2. The quantitative estimate of drug-likeness (QED) is 0.598. The molecule has 4 heteroatoms. The van der Waals surface area contributed by atoms with Crippen LogP contribution >= 0.6 is 0 Å². The molecule has 0 aromatic rings. The van der Waals surface area contributed by atoms with Crippen molar-refractivity contribution >= 4 is 12.3 Å². The number of hydrogen-bond acceptors (Lipinski definition) is 3. The fraction of sp³-hybridized carbons (Fsp3) is 0.700. The van der Waals surface area contributed by atoms with Gasteiger partial charge in [0.25, 0.3) is 0 Å². The standard InChI is InChI=1S/C20H28O4/c1-13(12-21)14-7-10-20(24)15(11-14)5-6-16-18(2,17(22)23)8-4-9-19(16,20)3/h11-12,16,24H,4-10H2,1-3H3,(H,22,23)/b14-13+/t16-,18-,19-,20+/m0/s1. The molecule has 0 radical (unpaired) electrons. The fourth-order valence-corrected chi connectivity index (χ4v) is 5.76. The van der Waals surface area contributed by atoms with E-state index in [1.165, 1.54) is 0 Å². The number of fused-ring (bicyclic) bond motifs is 3. The normalized spacial score (nSPS) is 44.0. The second-order valence-corrected chi connectivity index (χ2v) is 8.44. The molecule has 24 heavy (non-hydrogen) atoms. The number of aliphatic carboxylic acids is 1. The Hall–Kier alpha value is -1.42. The van der Waals surface area contributed by atoms with Crippen molar-refractivity contribution in [2.24, 2.45) is 16.7 Å². The molecule has 3 aliphatic rings. The van der Waals surface area contributed by atoms with Crippen molar-refractivity contribution in [3.63, 3.8) is 0 Å². The van der Waals surface area contributed by atoms with E-state index in [1.54, 1.807) is 0 Å². The Morgan fingerprint density at radius 3 is 2.58 bits per heavy atom. The smallest absolute Gasteiger partial charge is 0.309 e. The summed E-state index contributed by atoms with van der Waals surface area (Å²) in [4.78, 5) is 23.1. The zero-order valence-electron chi connectivity index (χ0n) is 14.9. The Morgan fingerprint density at radius 1 is 1.25 bits per heavy atom. The van der Waals surface area contributed by atoms with Crippen molar-refractivity contribution in [3.8, 4) is 0 Å². The second-order valence-electron chi connectivity index (χ2n) is 8.44. The van der Waals surface area contributed by atoms with Crippen LogP contribution in [0.15, 0.2) is 22.8 Å². The Balaban J connectivity index is 2.07. The third kappa shape index (κ3) is 2.15. The van der Waals surface area contributed by atoms with Gasteiger partial charge in [-0.3, -0.25) is 9.59 Å². The van der Waals surface area contributed by atoms with Gasteiger partial charge in [0.05, 0.1) is 11.0 Å². The molecule has 2 saturated carbocycles. The minimum Gasteiger partial charge on any atom is -0.481 e. The molecular formula is C20H28O4. The highest BCUT2D eigenvalue weighted by atomic mass is 16.4. The van der Waals surface area contributed by atoms with Gasteiger partial charge >= 0.3 is 5.97 Å². The van der Waals surface area contributed by atoms with Gasteiger partial charge in [-0.15, -0.1) is 0 Å². The van der Waals surface area contributed by atoms with Crippen molar-refractivity contribution in [2.75, 3.05) is 0 Å². The Kier molecular flexibility index (Phi) is 4.03. The molecule has 0 amide bonds. The van der Waals surface area contributed by atoms with E-state index in [2.05, 4.69) is 6.92 Å². The number of hydrogen-bond donors (Lipinski definition) is 2. The van der Waals surface area contributed by atoms with Crippen LogP contribution in [0, 0.1) is 16.7 Å². The van der Waals surface area contributed by atoms with E-state index in [-0.39, 0.29) is 5.92 Å². The maximum absolute atomic E-state index is 12.0. The van der Waals surface area contributed by atoms with Crippen LogP contribution in [0.25, 0.3) is 0 Å². The fourth-order valence-electron chi connectivity index (χ4n) is 5.76. The van der Waals surface area contributed by atoms with Crippen LogP contribution in [0.1, 0.15) is 65.7 Å². The highest BCUT2D eigenvalue weighted by molar-refractivity contribution is 5.76. The molecule has 4 nitrogen and oxygen atoms in total. The summed E-state index contributed by atoms with van der Waals surface area (Å²) >= 11 is 0. The number of rotatable bonds is 2. The van der Waals surface area contributed by atoms with Gasteiger partial charge < -0.3 is 10.2 Å². The molecule has 0 saturated heterocycles. The lowest BCUT2D eigenvalue weighted by atomic mass is 9.44. The van der Waals surface area contributed by atoms with Gasteiger partial charge in [-0.25, -0.2) is 0 Å². The van der Waals surface area contributed by atoms with Crippen molar-refractivity contribution in [3.05, 3.63) is 22.8 Å². The number of aliphatic hydroxyl groups is 1. The predicted octanol–water partition coefficient (Wildman–Crippen LogP) is 3.64. The van der Waals surface area contributed by atoms with Crippen LogP contribution in [-0.2, 0) is 9.59 Å². The predicted molar refractivity (Wildman–Crippen MR) is 91.5 cm³/mol. The van der Waals surface area contributed by atoms with Crippen LogP contribution in [0.4, 0.5) is 0 Å². The Morgan fingerprint density at radius 2 is 1.96 bits per heavy atom. The van der Waals surface area contributed by atoms with Crippen molar-refractivity contribution < 1.29 is 19.8 Å². The van der Waals surface area contributed by atoms with E-state index in [9.17, 15) is 19.8 Å². The molecule has 132 valence electrons. The summed E-state index contributed by atoms with van der Waals surface area (Å²) < 4.78 is 0. The molecule has 3 rings (SSSR count). The summed E-state index contributed by atoms with van der Waals surface area (Å²) in [5.74, 6) is -0.751. The van der Waals surface area contributed by atoms with Gasteiger partial charge in [0.1, 0.15) is 6.29 Å². The SMILES string of the molecule is C/C(C=O)=C1\C=C2CC[C@@H]3[C@](C)(CCC[C@]3(C)C(=O)O)[C@@]2(O)CC1. The lowest BCUT2D eigenvalue weighted by Gasteiger charge is -2.62. The third-order valence-corrected chi connectivity index (χ3v) is 7.39. The van der Waals surface area contributed by atoms with Crippen LogP contribution in [0.2, 0.25) is 0 Å². The average molecular weight is 332 g/mol. The summed E-state index contributed by atoms with van der Waals surface area (Å²) in [7, 11) is 0. The van der Waals surface area contributed by atoms with Gasteiger partial charge in [0.15, 0.2) is 0 Å². The molecule has 0 unspecified atom stereocenters. The maximum atomic E-state index is 12.0. The number of carbonyl (C=O) groups excluding carboxylic acids is 1. The molecule has 3 aliphatic carbocycles. The average Bonchev–Trinajstić information content (AvgIpc) is 2.54. The first kappa shape index (κ1) is 17.4. The Labute approximate surface area is 143 Å². The number of allylic oxidation sites excluding steroid dienone is 3. The van der Waals surface area contributed by atoms with Crippen LogP contribution in [0.3, 0.4) is 0 Å². The second kappa shape index (κ2) is 5.55. The van der Waals surface area contributed by atoms with E-state index < -0.39 is 22.4 Å². The van der Waals surface area contributed by atoms with Crippen LogP contribution in [0.5, 0.6) is 0 Å². The van der Waals surface area contributed by atoms with Gasteiger partial charge in [0.2, 0.25) is 0 Å². The van der Waals surface area contributed by atoms with Crippen molar-refractivity contribution in [1.82, 2.24) is 0 Å². The summed E-state index contributed by atoms with van der Waals surface area (Å²) in [5, 5.41) is 21.5. The minimum atomic E-state index is -0.945. The zero-order valence-corrected chi connectivity index (χ0v) is 14.9. The first-order valence-electron chi connectivity index (χ1n) is 9.01. The molecule has 0 bridgehead atoms. The summed E-state index contributed by atoms with van der Waals surface area (Å²) in [6.45, 7) is 5.77. The summed E-state index contributed by atoms with van der Waals surface area (Å²) in [6, 6.07) is 0. The highest BCUT2D eigenvalue weighted by Gasteiger charge is 2.63. The van der Waals surface area contributed by atoms with E-state index in [4.69, 9.17) is 0 Å². The van der Waals surface area contributed by atoms with Crippen molar-refractivity contribution in [1.29, 1.82) is 0 Å². The Bertz CT molecular complexity index is 646. The molecule has 0 aliphatic heterocycles. The monoisotopic (exact) mass is 332 g/mol. The largest absolute Gasteiger partial charge is 0.481 e. The van der Waals surface area contributed by atoms with Gasteiger partial charge in [-0.05, 0) is 75.0 Å². The summed E-state index contributed by atoms with van der Waals surface area (Å²) in [5.41, 5.74) is 0.629. The highest BCUT2D eigenvalue weighted by Crippen LogP contribution is 2.64. The lowest BCUT2D eigenvalue weighted by Crippen LogP contribution is -2.62. The van der Waals surface area contributed by atoms with Gasteiger partial charge in [-0.2, -0.15) is 0 Å². The molecule has 0 spiro atoms. The third-order valence-electron chi connectivity index (χ3n) is 7.39. The molecule has 0 aromatic carbocycles. The number of carboxylic acid groups (broad SMARTS) is 1. The van der Waals surface area contributed by atoms with Crippen LogP contribution in [-0.4, -0.2) is 28.1 Å². The number of carbonyl (C=O) groups is 2. The molecular weight excluding hydrogens is 304 g/mol. The van der Waals surface area contributed by atoms with Gasteiger partial charge in [0, 0.05) is 5.41 Å². The lowest BCUT2D eigenvalue weighted by molar-refractivity contribution is -0.185. The van der Waals surface area contributed by atoms with Gasteiger partial charge in [-0.1, -0.05) is 19.4 Å². The first-order valence-corrected chi connectivity index (χ1v) is 9.01. The van der Waals surface area contributed by atoms with Crippen molar-refractivity contribution in [2.45, 2.75) is 71.3 Å².